The second-order valence-electron chi connectivity index (χ2n) is 7.77. The number of rotatable bonds is 12. The number of amides is 2. The zero-order valence-corrected chi connectivity index (χ0v) is 19.8. The lowest BCUT2D eigenvalue weighted by molar-refractivity contribution is -0.122. The van der Waals surface area contributed by atoms with Gasteiger partial charge in [0, 0.05) is 12.1 Å². The van der Waals surface area contributed by atoms with Crippen molar-refractivity contribution in [2.24, 2.45) is 0 Å². The normalized spacial score (nSPS) is 12.2. The smallest absolute Gasteiger partial charge is 0.251 e. The molecule has 184 valence electrons. The second-order valence-corrected chi connectivity index (χ2v) is 7.77. The van der Waals surface area contributed by atoms with Gasteiger partial charge in [0.15, 0.2) is 11.5 Å². The Hall–Kier alpha value is -4.04. The molecule has 0 saturated carbocycles. The molecule has 2 atom stereocenters. The minimum absolute atomic E-state index is 0.0104. The number of aliphatic hydroxyl groups excluding tert-OH is 1. The molecular weight excluding hydrogens is 448 g/mol. The summed E-state index contributed by atoms with van der Waals surface area (Å²) in [6.07, 6.45) is -0.959. The molecule has 0 radical (unpaired) electrons. The van der Waals surface area contributed by atoms with Crippen LogP contribution in [0.5, 0.6) is 17.2 Å². The van der Waals surface area contributed by atoms with Gasteiger partial charge in [-0.1, -0.05) is 54.6 Å². The van der Waals surface area contributed by atoms with Crippen molar-refractivity contribution in [2.45, 2.75) is 18.6 Å². The van der Waals surface area contributed by atoms with Crippen molar-refractivity contribution in [3.63, 3.8) is 0 Å². The number of nitrogens with one attached hydrogen (secondary N) is 2. The summed E-state index contributed by atoms with van der Waals surface area (Å²) in [5, 5.41) is 16.0. The van der Waals surface area contributed by atoms with Crippen LogP contribution in [0.3, 0.4) is 0 Å². The molecule has 2 amide bonds. The van der Waals surface area contributed by atoms with Crippen LogP contribution in [0.1, 0.15) is 28.4 Å². The first kappa shape index (κ1) is 25.6. The molecule has 3 N–H and O–H groups in total. The Balaban J connectivity index is 1.56. The maximum Gasteiger partial charge on any atom is 0.251 e. The van der Waals surface area contributed by atoms with Gasteiger partial charge in [-0.15, -0.1) is 0 Å². The molecule has 8 nitrogen and oxygen atoms in total. The first-order chi connectivity index (χ1) is 17.0. The van der Waals surface area contributed by atoms with Gasteiger partial charge in [-0.05, 0) is 29.8 Å². The third-order valence-corrected chi connectivity index (χ3v) is 5.27. The molecule has 0 heterocycles. The molecule has 0 spiro atoms. The van der Waals surface area contributed by atoms with E-state index in [1.165, 1.54) is 14.2 Å². The molecule has 3 aromatic rings. The van der Waals surface area contributed by atoms with Crippen LogP contribution in [0.2, 0.25) is 0 Å². The summed E-state index contributed by atoms with van der Waals surface area (Å²) in [6.45, 7) is -0.103. The van der Waals surface area contributed by atoms with Crippen LogP contribution < -0.4 is 24.8 Å². The Morgan fingerprint density at radius 1 is 0.857 bits per heavy atom. The quantitative estimate of drug-likeness (QED) is 0.369. The molecule has 3 rings (SSSR count). The Bertz CT molecular complexity index is 1070. The Kier molecular flexibility index (Phi) is 9.50. The largest absolute Gasteiger partial charge is 0.493 e. The number of methoxy groups -OCH3 is 2. The summed E-state index contributed by atoms with van der Waals surface area (Å²) in [6, 6.07) is 22.8. The summed E-state index contributed by atoms with van der Waals surface area (Å²) in [5.74, 6) is 0.726. The summed E-state index contributed by atoms with van der Waals surface area (Å²) < 4.78 is 16.2. The summed E-state index contributed by atoms with van der Waals surface area (Å²) >= 11 is 0. The van der Waals surface area contributed by atoms with E-state index in [2.05, 4.69) is 10.6 Å². The van der Waals surface area contributed by atoms with Gasteiger partial charge in [0.05, 0.1) is 26.7 Å². The molecule has 0 saturated heterocycles. The van der Waals surface area contributed by atoms with Crippen molar-refractivity contribution in [3.8, 4) is 17.2 Å². The van der Waals surface area contributed by atoms with E-state index >= 15 is 0 Å². The third kappa shape index (κ3) is 7.48. The molecule has 0 fully saturated rings. The van der Waals surface area contributed by atoms with Crippen LogP contribution in [0.4, 0.5) is 0 Å². The number of hydrogen-bond acceptors (Lipinski definition) is 6. The van der Waals surface area contributed by atoms with E-state index in [1.807, 2.05) is 36.4 Å². The van der Waals surface area contributed by atoms with Crippen LogP contribution >= 0.6 is 0 Å². The Morgan fingerprint density at radius 3 is 2.06 bits per heavy atom. The average molecular weight is 479 g/mol. The van der Waals surface area contributed by atoms with Crippen molar-refractivity contribution < 1.29 is 28.9 Å². The number of benzene rings is 3. The van der Waals surface area contributed by atoms with Gasteiger partial charge in [0.1, 0.15) is 12.7 Å². The summed E-state index contributed by atoms with van der Waals surface area (Å²) in [7, 11) is 3.02. The highest BCUT2D eigenvalue weighted by atomic mass is 16.5. The van der Waals surface area contributed by atoms with E-state index in [0.29, 0.717) is 22.8 Å². The van der Waals surface area contributed by atoms with E-state index in [-0.39, 0.29) is 31.4 Å². The highest BCUT2D eigenvalue weighted by molar-refractivity contribution is 5.94. The molecule has 0 aromatic heterocycles. The molecule has 0 bridgehead atoms. The lowest BCUT2D eigenvalue weighted by Crippen LogP contribution is -2.38. The van der Waals surface area contributed by atoms with Crippen molar-refractivity contribution in [3.05, 3.63) is 90.0 Å². The van der Waals surface area contributed by atoms with Gasteiger partial charge < -0.3 is 30.0 Å². The average Bonchev–Trinajstić information content (AvgIpc) is 2.91. The number of carbonyl (C=O) groups excluding carboxylic acids is 2. The standard InChI is InChI=1S/C27H30N2O6/c1-33-23-14-9-15-24(34-2)26(23)35-18-21(30)17-28-25(31)16-22(19-10-5-3-6-11-19)29-27(32)20-12-7-4-8-13-20/h3-15,21-22,30H,16-18H2,1-2H3,(H,28,31)(H,29,32). The molecule has 3 aromatic carbocycles. The van der Waals surface area contributed by atoms with Crippen molar-refractivity contribution >= 4 is 11.8 Å². The molecule has 0 aliphatic carbocycles. The molecule has 0 aliphatic heterocycles. The van der Waals surface area contributed by atoms with E-state index in [1.54, 1.807) is 42.5 Å². The minimum Gasteiger partial charge on any atom is -0.493 e. The fourth-order valence-electron chi connectivity index (χ4n) is 3.46. The maximum atomic E-state index is 12.7. The number of para-hydroxylation sites is 1. The van der Waals surface area contributed by atoms with Gasteiger partial charge >= 0.3 is 0 Å². The highest BCUT2D eigenvalue weighted by Crippen LogP contribution is 2.36. The van der Waals surface area contributed by atoms with E-state index < -0.39 is 12.1 Å². The molecular formula is C27H30N2O6. The third-order valence-electron chi connectivity index (χ3n) is 5.27. The van der Waals surface area contributed by atoms with Gasteiger partial charge in [-0.2, -0.15) is 0 Å². The van der Waals surface area contributed by atoms with Crippen LogP contribution in [-0.4, -0.2) is 50.4 Å². The number of aliphatic hydroxyl groups is 1. The van der Waals surface area contributed by atoms with Crippen LogP contribution in [0.15, 0.2) is 78.9 Å². The van der Waals surface area contributed by atoms with Crippen molar-refractivity contribution in [1.82, 2.24) is 10.6 Å². The van der Waals surface area contributed by atoms with Crippen LogP contribution in [0, 0.1) is 0 Å². The summed E-state index contributed by atoms with van der Waals surface area (Å²) in [4.78, 5) is 25.4. The van der Waals surface area contributed by atoms with Crippen LogP contribution in [-0.2, 0) is 4.79 Å². The van der Waals surface area contributed by atoms with E-state index in [9.17, 15) is 14.7 Å². The van der Waals surface area contributed by atoms with Crippen LogP contribution in [0.25, 0.3) is 0 Å². The zero-order chi connectivity index (χ0) is 25.0. The zero-order valence-electron chi connectivity index (χ0n) is 19.8. The predicted molar refractivity (Wildman–Crippen MR) is 132 cm³/mol. The SMILES string of the molecule is COc1cccc(OC)c1OCC(O)CNC(=O)CC(NC(=O)c1ccccc1)c1ccccc1. The Labute approximate surface area is 204 Å². The fourth-order valence-corrected chi connectivity index (χ4v) is 3.46. The summed E-state index contributed by atoms with van der Waals surface area (Å²) in [5.41, 5.74) is 1.31. The Morgan fingerprint density at radius 2 is 1.46 bits per heavy atom. The van der Waals surface area contributed by atoms with Gasteiger partial charge in [0.2, 0.25) is 11.7 Å². The first-order valence-corrected chi connectivity index (χ1v) is 11.2. The predicted octanol–water partition coefficient (Wildman–Crippen LogP) is 3.12. The minimum atomic E-state index is -0.970. The lowest BCUT2D eigenvalue weighted by Gasteiger charge is -2.20. The first-order valence-electron chi connectivity index (χ1n) is 11.2. The number of ether oxygens (including phenoxy) is 3. The molecule has 0 aliphatic rings. The van der Waals surface area contributed by atoms with Gasteiger partial charge in [-0.25, -0.2) is 0 Å². The topological polar surface area (TPSA) is 106 Å². The van der Waals surface area contributed by atoms with Crippen molar-refractivity contribution in [1.29, 1.82) is 0 Å². The molecule has 2 unspecified atom stereocenters. The molecule has 35 heavy (non-hydrogen) atoms. The number of carbonyl (C=O) groups is 2. The van der Waals surface area contributed by atoms with Gasteiger partial charge in [-0.3, -0.25) is 9.59 Å². The second kappa shape index (κ2) is 13.0. The van der Waals surface area contributed by atoms with E-state index in [0.717, 1.165) is 5.56 Å². The highest BCUT2D eigenvalue weighted by Gasteiger charge is 2.20. The van der Waals surface area contributed by atoms with E-state index in [4.69, 9.17) is 14.2 Å². The van der Waals surface area contributed by atoms with Crippen molar-refractivity contribution in [2.75, 3.05) is 27.4 Å². The van der Waals surface area contributed by atoms with Gasteiger partial charge in [0.25, 0.3) is 5.91 Å². The monoisotopic (exact) mass is 478 g/mol. The lowest BCUT2D eigenvalue weighted by atomic mass is 10.0. The number of hydrogen-bond donors (Lipinski definition) is 3. The maximum absolute atomic E-state index is 12.7. The fraction of sp³-hybridized carbons (Fsp3) is 0.259. The molecule has 8 heteroatoms.